The number of amides is 3. The Morgan fingerprint density at radius 3 is 1.95 bits per heavy atom. The van der Waals surface area contributed by atoms with Gasteiger partial charge in [-0.3, -0.25) is 14.4 Å². The fourth-order valence-corrected chi connectivity index (χ4v) is 3.74. The molecule has 2 aromatic heterocycles. The zero-order valence-corrected chi connectivity index (χ0v) is 21.7. The maximum Gasteiger partial charge on any atom is 0.326 e. The highest BCUT2D eigenvalue weighted by atomic mass is 16.4. The van der Waals surface area contributed by atoms with Crippen LogP contribution >= 0.6 is 0 Å². The van der Waals surface area contributed by atoms with E-state index >= 15 is 0 Å². The van der Waals surface area contributed by atoms with E-state index in [1.54, 1.807) is 13.1 Å². The molecule has 0 aliphatic rings. The lowest BCUT2D eigenvalue weighted by molar-refractivity contribution is -0.143. The van der Waals surface area contributed by atoms with Crippen molar-refractivity contribution >= 4 is 23.7 Å². The number of imidazole rings is 2. The predicted octanol–water partition coefficient (Wildman–Crippen LogP) is -0.123. The van der Waals surface area contributed by atoms with Gasteiger partial charge in [0.2, 0.25) is 17.7 Å². The third-order valence-corrected chi connectivity index (χ3v) is 6.06. The highest BCUT2D eigenvalue weighted by molar-refractivity contribution is 5.94. The van der Waals surface area contributed by atoms with Crippen LogP contribution in [0.5, 0.6) is 0 Å². The summed E-state index contributed by atoms with van der Waals surface area (Å²) in [5.74, 6) is -3.17. The van der Waals surface area contributed by atoms with Gasteiger partial charge in [0.15, 0.2) is 0 Å². The Labute approximate surface area is 215 Å². The van der Waals surface area contributed by atoms with Gasteiger partial charge >= 0.3 is 5.97 Å². The Kier molecular flexibility index (Phi) is 11.2. The molecule has 2 rings (SSSR count). The number of aromatic nitrogens is 4. The van der Waals surface area contributed by atoms with Crippen molar-refractivity contribution < 1.29 is 24.3 Å². The molecule has 13 heteroatoms. The fourth-order valence-electron chi connectivity index (χ4n) is 3.74. The number of carboxylic acid groups (broad SMARTS) is 1. The second kappa shape index (κ2) is 14.1. The van der Waals surface area contributed by atoms with E-state index in [0.717, 1.165) is 0 Å². The number of nitrogens with zero attached hydrogens (tertiary/aromatic N) is 2. The Bertz CT molecular complexity index is 1010. The number of rotatable bonds is 15. The molecule has 0 saturated heterocycles. The third-order valence-electron chi connectivity index (χ3n) is 6.06. The molecule has 0 aromatic carbocycles. The maximum atomic E-state index is 13.4. The summed E-state index contributed by atoms with van der Waals surface area (Å²) in [5, 5.41) is 17.5. The van der Waals surface area contributed by atoms with Crippen molar-refractivity contribution in [3.05, 3.63) is 36.4 Å². The number of aromatic amines is 2. The molecule has 0 aliphatic carbocycles. The minimum Gasteiger partial charge on any atom is -0.480 e. The maximum absolute atomic E-state index is 13.4. The SMILES string of the molecule is CCC(C)C(NC(=O)C(Cc1cnc[nH]1)NC(=O)C(N)Cc1cnc[nH]1)C(=O)NC(CC(C)C)C(=O)O. The molecule has 0 radical (unpaired) electrons. The van der Waals surface area contributed by atoms with Gasteiger partial charge in [0, 0.05) is 36.6 Å². The average molecular weight is 519 g/mol. The van der Waals surface area contributed by atoms with Crippen LogP contribution in [0.25, 0.3) is 0 Å². The molecule has 8 N–H and O–H groups in total. The summed E-state index contributed by atoms with van der Waals surface area (Å²) >= 11 is 0. The Hall–Kier alpha value is -3.74. The summed E-state index contributed by atoms with van der Waals surface area (Å²) in [6.45, 7) is 7.36. The zero-order valence-electron chi connectivity index (χ0n) is 21.7. The van der Waals surface area contributed by atoms with Gasteiger partial charge in [0.25, 0.3) is 0 Å². The van der Waals surface area contributed by atoms with E-state index < -0.39 is 47.9 Å². The Morgan fingerprint density at radius 1 is 0.892 bits per heavy atom. The normalized spacial score (nSPS) is 15.3. The summed E-state index contributed by atoms with van der Waals surface area (Å²) in [6, 6.07) is -4.10. The number of aliphatic carboxylic acids is 1. The molecule has 37 heavy (non-hydrogen) atoms. The Balaban J connectivity index is 2.18. The van der Waals surface area contributed by atoms with Crippen LogP contribution in [-0.4, -0.2) is 72.9 Å². The summed E-state index contributed by atoms with van der Waals surface area (Å²) in [7, 11) is 0. The number of carbonyl (C=O) groups excluding carboxylic acids is 3. The molecule has 2 aromatic rings. The third kappa shape index (κ3) is 9.33. The molecule has 0 fully saturated rings. The molecule has 204 valence electrons. The first-order valence-corrected chi connectivity index (χ1v) is 12.4. The quantitative estimate of drug-likeness (QED) is 0.169. The summed E-state index contributed by atoms with van der Waals surface area (Å²) in [5.41, 5.74) is 7.30. The predicted molar refractivity (Wildman–Crippen MR) is 135 cm³/mol. The number of carbonyl (C=O) groups is 4. The lowest BCUT2D eigenvalue weighted by Crippen LogP contribution is -2.59. The number of H-pyrrole nitrogens is 2. The van der Waals surface area contributed by atoms with Crippen LogP contribution in [0.4, 0.5) is 0 Å². The molecule has 0 spiro atoms. The average Bonchev–Trinajstić information content (AvgIpc) is 3.54. The number of nitrogens with two attached hydrogens (primary N) is 1. The van der Waals surface area contributed by atoms with Crippen LogP contribution in [0.1, 0.15) is 51.9 Å². The second-order valence-electron chi connectivity index (χ2n) is 9.63. The van der Waals surface area contributed by atoms with Crippen molar-refractivity contribution in [2.24, 2.45) is 17.6 Å². The van der Waals surface area contributed by atoms with Crippen molar-refractivity contribution in [1.29, 1.82) is 0 Å². The summed E-state index contributed by atoms with van der Waals surface area (Å²) < 4.78 is 0. The first kappa shape index (κ1) is 29.5. The monoisotopic (exact) mass is 518 g/mol. The molecule has 5 atom stereocenters. The van der Waals surface area contributed by atoms with Gasteiger partial charge in [-0.15, -0.1) is 0 Å². The van der Waals surface area contributed by atoms with Crippen molar-refractivity contribution in [2.45, 2.75) is 77.5 Å². The minimum absolute atomic E-state index is 0.0398. The van der Waals surface area contributed by atoms with Crippen LogP contribution in [-0.2, 0) is 32.0 Å². The smallest absolute Gasteiger partial charge is 0.326 e. The van der Waals surface area contributed by atoms with E-state index in [9.17, 15) is 24.3 Å². The van der Waals surface area contributed by atoms with E-state index in [1.165, 1.54) is 18.9 Å². The summed E-state index contributed by atoms with van der Waals surface area (Å²) in [6.07, 6.45) is 7.07. The highest BCUT2D eigenvalue weighted by Crippen LogP contribution is 2.12. The first-order chi connectivity index (χ1) is 17.5. The summed E-state index contributed by atoms with van der Waals surface area (Å²) in [4.78, 5) is 64.6. The molecule has 0 aliphatic heterocycles. The van der Waals surface area contributed by atoms with Crippen molar-refractivity contribution in [3.8, 4) is 0 Å². The van der Waals surface area contributed by atoms with Gasteiger partial charge in [0.1, 0.15) is 18.1 Å². The van der Waals surface area contributed by atoms with Gasteiger partial charge in [-0.2, -0.15) is 0 Å². The lowest BCUT2D eigenvalue weighted by atomic mass is 9.96. The topological polar surface area (TPSA) is 208 Å². The van der Waals surface area contributed by atoms with E-state index in [1.807, 2.05) is 20.8 Å². The van der Waals surface area contributed by atoms with Crippen molar-refractivity contribution in [3.63, 3.8) is 0 Å². The van der Waals surface area contributed by atoms with Gasteiger partial charge in [-0.25, -0.2) is 14.8 Å². The molecule has 0 saturated carbocycles. The van der Waals surface area contributed by atoms with Crippen LogP contribution in [0.15, 0.2) is 25.0 Å². The second-order valence-corrected chi connectivity index (χ2v) is 9.63. The fraction of sp³-hybridized carbons (Fsp3) is 0.583. The number of carboxylic acids is 1. The van der Waals surface area contributed by atoms with Crippen molar-refractivity contribution in [2.75, 3.05) is 0 Å². The van der Waals surface area contributed by atoms with Gasteiger partial charge < -0.3 is 36.8 Å². The molecule has 5 unspecified atom stereocenters. The van der Waals surface area contributed by atoms with Crippen LogP contribution < -0.4 is 21.7 Å². The lowest BCUT2D eigenvalue weighted by Gasteiger charge is -2.28. The van der Waals surface area contributed by atoms with E-state index in [4.69, 9.17) is 5.73 Å². The van der Waals surface area contributed by atoms with E-state index in [2.05, 4.69) is 35.9 Å². The Morgan fingerprint density at radius 2 is 1.46 bits per heavy atom. The first-order valence-electron chi connectivity index (χ1n) is 12.4. The van der Waals surface area contributed by atoms with Gasteiger partial charge in [-0.1, -0.05) is 34.1 Å². The van der Waals surface area contributed by atoms with Crippen LogP contribution in [0.2, 0.25) is 0 Å². The van der Waals surface area contributed by atoms with Crippen molar-refractivity contribution in [1.82, 2.24) is 35.9 Å². The number of hydrogen-bond donors (Lipinski definition) is 7. The van der Waals surface area contributed by atoms with Crippen LogP contribution in [0, 0.1) is 11.8 Å². The van der Waals surface area contributed by atoms with E-state index in [0.29, 0.717) is 17.8 Å². The zero-order chi connectivity index (χ0) is 27.5. The standard InChI is InChI=1S/C24H38N8O5/c1-5-14(4)20(23(35)31-19(24(36)37)6-13(2)3)32-22(34)18(8-16-10-27-12-29-16)30-21(33)17(25)7-15-9-26-11-28-15/h9-14,17-20H,5-8,25H2,1-4H3,(H,26,28)(H,27,29)(H,30,33)(H,31,35)(H,32,34)(H,36,37). The minimum atomic E-state index is -1.15. The number of hydrogen-bond acceptors (Lipinski definition) is 7. The molecular formula is C24H38N8O5. The molecular weight excluding hydrogens is 480 g/mol. The number of nitrogens with one attached hydrogen (secondary N) is 5. The van der Waals surface area contributed by atoms with Crippen LogP contribution in [0.3, 0.4) is 0 Å². The molecule has 3 amide bonds. The molecule has 0 bridgehead atoms. The largest absolute Gasteiger partial charge is 0.480 e. The van der Waals surface area contributed by atoms with E-state index in [-0.39, 0.29) is 31.1 Å². The van der Waals surface area contributed by atoms with Gasteiger partial charge in [-0.05, 0) is 18.3 Å². The van der Waals surface area contributed by atoms with Gasteiger partial charge in [0.05, 0.1) is 18.7 Å². The molecule has 2 heterocycles. The molecule has 13 nitrogen and oxygen atoms in total. The highest BCUT2D eigenvalue weighted by Gasteiger charge is 2.33.